The Morgan fingerprint density at radius 3 is 1.90 bits per heavy atom. The predicted molar refractivity (Wildman–Crippen MR) is 102 cm³/mol. The molecule has 0 aliphatic carbocycles. The van der Waals surface area contributed by atoms with Gasteiger partial charge in [-0.05, 0) is 11.1 Å². The molecule has 0 fully saturated rings. The molecule has 8 heteroatoms. The van der Waals surface area contributed by atoms with Gasteiger partial charge in [0.2, 0.25) is 5.91 Å². The lowest BCUT2D eigenvalue weighted by molar-refractivity contribution is -0.161. The van der Waals surface area contributed by atoms with Crippen molar-refractivity contribution in [3.8, 4) is 0 Å². The van der Waals surface area contributed by atoms with Crippen molar-refractivity contribution < 1.29 is 34.1 Å². The van der Waals surface area contributed by atoms with Gasteiger partial charge in [0.25, 0.3) is 0 Å². The lowest BCUT2D eigenvalue weighted by Crippen LogP contribution is -2.45. The molecule has 1 unspecified atom stereocenters. The summed E-state index contributed by atoms with van der Waals surface area (Å²) < 4.78 is 5.01. The van der Waals surface area contributed by atoms with E-state index < -0.39 is 42.2 Å². The van der Waals surface area contributed by atoms with E-state index in [0.29, 0.717) is 11.1 Å². The van der Waals surface area contributed by atoms with Gasteiger partial charge in [-0.25, -0.2) is 4.79 Å². The van der Waals surface area contributed by atoms with Crippen LogP contribution in [0.1, 0.15) is 17.5 Å². The number of ether oxygens (including phenoxy) is 1. The SMILES string of the molecule is O=C(Cc1ccccc1)N[C@@H](CC(C(=O)O)C(=O)OCc1ccccc1)C(=O)O. The largest absolute Gasteiger partial charge is 0.481 e. The Kier molecular flexibility index (Phi) is 7.90. The number of carbonyl (C=O) groups is 4. The van der Waals surface area contributed by atoms with Crippen LogP contribution in [0.4, 0.5) is 0 Å². The van der Waals surface area contributed by atoms with E-state index in [9.17, 15) is 29.4 Å². The molecule has 0 heterocycles. The van der Waals surface area contributed by atoms with Crippen molar-refractivity contribution in [2.75, 3.05) is 0 Å². The Balaban J connectivity index is 1.98. The number of hydrogen-bond donors (Lipinski definition) is 3. The predicted octanol–water partition coefficient (Wildman–Crippen LogP) is 1.63. The number of nitrogens with one attached hydrogen (secondary N) is 1. The number of carboxylic acid groups (broad SMARTS) is 2. The van der Waals surface area contributed by atoms with Crippen molar-refractivity contribution in [1.82, 2.24) is 5.32 Å². The molecule has 2 rings (SSSR count). The van der Waals surface area contributed by atoms with Crippen LogP contribution in [0.3, 0.4) is 0 Å². The Morgan fingerprint density at radius 1 is 0.828 bits per heavy atom. The Hall–Kier alpha value is -3.68. The fourth-order valence-electron chi connectivity index (χ4n) is 2.61. The molecule has 2 atom stereocenters. The summed E-state index contributed by atoms with van der Waals surface area (Å²) in [5.41, 5.74) is 1.34. The Bertz CT molecular complexity index is 852. The first-order valence-corrected chi connectivity index (χ1v) is 8.86. The van der Waals surface area contributed by atoms with Crippen LogP contribution in [-0.4, -0.2) is 40.1 Å². The molecule has 152 valence electrons. The molecule has 29 heavy (non-hydrogen) atoms. The fraction of sp³-hybridized carbons (Fsp3) is 0.238. The van der Waals surface area contributed by atoms with Crippen LogP contribution < -0.4 is 5.32 Å². The van der Waals surface area contributed by atoms with Crippen LogP contribution in [-0.2, 0) is 36.9 Å². The number of aliphatic carboxylic acids is 2. The summed E-state index contributed by atoms with van der Waals surface area (Å²) in [4.78, 5) is 47.3. The average Bonchev–Trinajstić information content (AvgIpc) is 2.70. The molecule has 0 bridgehead atoms. The van der Waals surface area contributed by atoms with Crippen LogP contribution in [0, 0.1) is 5.92 Å². The van der Waals surface area contributed by atoms with Crippen molar-refractivity contribution in [2.24, 2.45) is 5.92 Å². The molecule has 0 radical (unpaired) electrons. The number of carbonyl (C=O) groups excluding carboxylic acids is 2. The molecule has 0 spiro atoms. The number of carboxylic acids is 2. The molecule has 2 aromatic rings. The van der Waals surface area contributed by atoms with Crippen molar-refractivity contribution >= 4 is 23.8 Å². The van der Waals surface area contributed by atoms with Crippen molar-refractivity contribution in [2.45, 2.75) is 25.5 Å². The first kappa shape index (κ1) is 21.6. The van der Waals surface area contributed by atoms with Crippen LogP contribution in [0.25, 0.3) is 0 Å². The van der Waals surface area contributed by atoms with Gasteiger partial charge < -0.3 is 20.3 Å². The maximum absolute atomic E-state index is 12.2. The van der Waals surface area contributed by atoms with Gasteiger partial charge in [-0.3, -0.25) is 14.4 Å². The van der Waals surface area contributed by atoms with E-state index in [-0.39, 0.29) is 13.0 Å². The molecule has 0 saturated heterocycles. The van der Waals surface area contributed by atoms with Crippen LogP contribution in [0.15, 0.2) is 60.7 Å². The van der Waals surface area contributed by atoms with Gasteiger partial charge in [0.05, 0.1) is 6.42 Å². The van der Waals surface area contributed by atoms with Gasteiger partial charge in [0.1, 0.15) is 12.6 Å². The number of rotatable bonds is 10. The first-order valence-electron chi connectivity index (χ1n) is 8.86. The van der Waals surface area contributed by atoms with E-state index in [4.69, 9.17) is 4.74 Å². The lowest BCUT2D eigenvalue weighted by Gasteiger charge is -2.18. The summed E-state index contributed by atoms with van der Waals surface area (Å²) in [7, 11) is 0. The minimum Gasteiger partial charge on any atom is -0.481 e. The van der Waals surface area contributed by atoms with Gasteiger partial charge in [0.15, 0.2) is 5.92 Å². The summed E-state index contributed by atoms with van der Waals surface area (Å²) in [5.74, 6) is -6.34. The second kappa shape index (κ2) is 10.6. The van der Waals surface area contributed by atoms with E-state index in [1.54, 1.807) is 60.7 Å². The third kappa shape index (κ3) is 7.10. The van der Waals surface area contributed by atoms with Gasteiger partial charge in [-0.2, -0.15) is 0 Å². The van der Waals surface area contributed by atoms with E-state index in [2.05, 4.69) is 5.32 Å². The Labute approximate surface area is 167 Å². The smallest absolute Gasteiger partial charge is 0.326 e. The molecule has 0 aliphatic heterocycles. The maximum atomic E-state index is 12.2. The average molecular weight is 399 g/mol. The van der Waals surface area contributed by atoms with E-state index in [0.717, 1.165) is 0 Å². The molecule has 8 nitrogen and oxygen atoms in total. The quantitative estimate of drug-likeness (QED) is 0.409. The standard InChI is InChI=1S/C21H21NO7/c23-18(11-14-7-3-1-4-8-14)22-17(20(26)27)12-16(19(24)25)21(28)29-13-15-9-5-2-6-10-15/h1-10,16-17H,11-13H2,(H,22,23)(H,24,25)(H,26,27)/t16?,17-/m0/s1. The fourth-order valence-corrected chi connectivity index (χ4v) is 2.61. The first-order chi connectivity index (χ1) is 13.9. The maximum Gasteiger partial charge on any atom is 0.326 e. The summed E-state index contributed by atoms with van der Waals surface area (Å²) in [6.45, 7) is -0.137. The molecule has 0 aromatic heterocycles. The normalized spacial score (nSPS) is 12.4. The number of amides is 1. The summed E-state index contributed by atoms with van der Waals surface area (Å²) >= 11 is 0. The molecular formula is C21H21NO7. The number of hydrogen-bond acceptors (Lipinski definition) is 5. The molecule has 1 amide bonds. The van der Waals surface area contributed by atoms with Crippen LogP contribution in [0.2, 0.25) is 0 Å². The summed E-state index contributed by atoms with van der Waals surface area (Å²) in [6, 6.07) is 15.8. The second-order valence-corrected chi connectivity index (χ2v) is 6.34. The summed E-state index contributed by atoms with van der Waals surface area (Å²) in [6.07, 6.45) is -0.695. The van der Waals surface area contributed by atoms with Crippen molar-refractivity contribution in [3.63, 3.8) is 0 Å². The monoisotopic (exact) mass is 399 g/mol. The van der Waals surface area contributed by atoms with Crippen molar-refractivity contribution in [3.05, 3.63) is 71.8 Å². The third-order valence-electron chi connectivity index (χ3n) is 4.12. The van der Waals surface area contributed by atoms with E-state index >= 15 is 0 Å². The lowest BCUT2D eigenvalue weighted by atomic mass is 9.99. The van der Waals surface area contributed by atoms with Gasteiger partial charge >= 0.3 is 17.9 Å². The highest BCUT2D eigenvalue weighted by molar-refractivity contribution is 5.95. The Morgan fingerprint density at radius 2 is 1.38 bits per heavy atom. The van der Waals surface area contributed by atoms with Gasteiger partial charge in [0, 0.05) is 6.42 Å². The second-order valence-electron chi connectivity index (χ2n) is 6.34. The molecule has 3 N–H and O–H groups in total. The van der Waals surface area contributed by atoms with Gasteiger partial charge in [-0.15, -0.1) is 0 Å². The summed E-state index contributed by atoms with van der Waals surface area (Å²) in [5, 5.41) is 21.0. The van der Waals surface area contributed by atoms with E-state index in [1.165, 1.54) is 0 Å². The molecular weight excluding hydrogens is 378 g/mol. The zero-order valence-electron chi connectivity index (χ0n) is 15.5. The zero-order valence-corrected chi connectivity index (χ0v) is 15.5. The van der Waals surface area contributed by atoms with Crippen LogP contribution in [0.5, 0.6) is 0 Å². The minimum atomic E-state index is -1.73. The number of esters is 1. The molecule has 0 saturated carbocycles. The zero-order chi connectivity index (χ0) is 21.2. The van der Waals surface area contributed by atoms with Crippen molar-refractivity contribution in [1.29, 1.82) is 0 Å². The highest BCUT2D eigenvalue weighted by Gasteiger charge is 2.34. The minimum absolute atomic E-state index is 0.0686. The molecule has 2 aromatic carbocycles. The number of benzene rings is 2. The highest BCUT2D eigenvalue weighted by atomic mass is 16.5. The van der Waals surface area contributed by atoms with Crippen LogP contribution >= 0.6 is 0 Å². The highest BCUT2D eigenvalue weighted by Crippen LogP contribution is 2.13. The topological polar surface area (TPSA) is 130 Å². The van der Waals surface area contributed by atoms with Gasteiger partial charge in [-0.1, -0.05) is 60.7 Å². The third-order valence-corrected chi connectivity index (χ3v) is 4.12. The van der Waals surface area contributed by atoms with E-state index in [1.807, 2.05) is 0 Å². The molecule has 0 aliphatic rings.